The van der Waals surface area contributed by atoms with Crippen molar-refractivity contribution in [2.75, 3.05) is 0 Å². The van der Waals surface area contributed by atoms with Gasteiger partial charge in [0.05, 0.1) is 14.5 Å². The smallest absolute Gasteiger partial charge is 0.153 e. The van der Waals surface area contributed by atoms with E-state index in [1.165, 1.54) is 0 Å². The first-order valence-electron chi connectivity index (χ1n) is 2.86. The average Bonchev–Trinajstić information content (AvgIpc) is 2.08. The first kappa shape index (κ1) is 9.80. The van der Waals surface area contributed by atoms with Crippen molar-refractivity contribution in [1.82, 2.24) is 0 Å². The molecule has 0 heterocycles. The van der Waals surface area contributed by atoms with Crippen LogP contribution in [-0.4, -0.2) is 6.29 Å². The Morgan fingerprint density at radius 3 is 2.33 bits per heavy atom. The molecule has 0 fully saturated rings. The molecule has 0 N–H and O–H groups in total. The fourth-order valence-corrected chi connectivity index (χ4v) is 1.38. The van der Waals surface area contributed by atoms with Crippen molar-refractivity contribution in [3.05, 3.63) is 32.2 Å². The summed E-state index contributed by atoms with van der Waals surface area (Å²) in [6.45, 7) is 0. The van der Waals surface area contributed by atoms with Gasteiger partial charge in [-0.3, -0.25) is 4.79 Å². The van der Waals surface area contributed by atoms with Crippen LogP contribution in [0.5, 0.6) is 0 Å². The van der Waals surface area contributed by atoms with Crippen molar-refractivity contribution < 1.29 is 13.6 Å². The van der Waals surface area contributed by atoms with Gasteiger partial charge in [-0.05, 0) is 37.9 Å². The number of benzene rings is 1. The monoisotopic (exact) mass is 298 g/mol. The summed E-state index contributed by atoms with van der Waals surface area (Å²) >= 11 is 5.62. The third kappa shape index (κ3) is 1.56. The highest BCUT2D eigenvalue weighted by atomic mass is 79.9. The molecule has 1 nitrogen and oxygen atoms in total. The largest absolute Gasteiger partial charge is 0.298 e. The molecule has 0 saturated carbocycles. The Bertz CT molecular complexity index is 339. The van der Waals surface area contributed by atoms with Gasteiger partial charge >= 0.3 is 0 Å². The molecule has 0 aliphatic carbocycles. The van der Waals surface area contributed by atoms with Crippen molar-refractivity contribution in [3.63, 3.8) is 0 Å². The molecule has 0 saturated heterocycles. The second-order valence-corrected chi connectivity index (χ2v) is 3.59. The topological polar surface area (TPSA) is 17.1 Å². The Balaban J connectivity index is 3.49. The molecular weight excluding hydrogens is 298 g/mol. The van der Waals surface area contributed by atoms with E-state index in [4.69, 9.17) is 0 Å². The first-order chi connectivity index (χ1) is 5.57. The molecule has 0 radical (unpaired) electrons. The molecular formula is C7H2Br2F2O. The summed E-state index contributed by atoms with van der Waals surface area (Å²) in [5, 5.41) is 0. The Kier molecular flexibility index (Phi) is 2.95. The molecule has 0 bridgehead atoms. The van der Waals surface area contributed by atoms with Crippen LogP contribution < -0.4 is 0 Å². The minimum Gasteiger partial charge on any atom is -0.298 e. The highest BCUT2D eigenvalue weighted by molar-refractivity contribution is 9.13. The van der Waals surface area contributed by atoms with E-state index < -0.39 is 11.6 Å². The molecule has 1 rings (SSSR count). The molecule has 12 heavy (non-hydrogen) atoms. The normalized spacial score (nSPS) is 10.0. The molecule has 0 aromatic heterocycles. The maximum absolute atomic E-state index is 13.0. The van der Waals surface area contributed by atoms with E-state index in [0.717, 1.165) is 6.07 Å². The minimum atomic E-state index is -0.765. The molecule has 0 unspecified atom stereocenters. The molecule has 0 aliphatic heterocycles. The summed E-state index contributed by atoms with van der Waals surface area (Å²) in [5.74, 6) is -1.44. The van der Waals surface area contributed by atoms with Gasteiger partial charge in [0, 0.05) is 0 Å². The van der Waals surface area contributed by atoms with Crippen LogP contribution in [0.25, 0.3) is 0 Å². The number of carbonyl (C=O) groups is 1. The lowest BCUT2D eigenvalue weighted by Gasteiger charge is -2.01. The van der Waals surface area contributed by atoms with E-state index in [2.05, 4.69) is 31.9 Å². The molecule has 64 valence electrons. The number of hydrogen-bond acceptors (Lipinski definition) is 1. The van der Waals surface area contributed by atoms with Crippen molar-refractivity contribution in [2.24, 2.45) is 0 Å². The van der Waals surface area contributed by atoms with E-state index in [1.807, 2.05) is 0 Å². The number of hydrogen-bond donors (Lipinski definition) is 0. The van der Waals surface area contributed by atoms with E-state index in [-0.39, 0.29) is 20.8 Å². The fourth-order valence-electron chi connectivity index (χ4n) is 0.677. The second kappa shape index (κ2) is 3.62. The lowest BCUT2D eigenvalue weighted by molar-refractivity contribution is 0.111. The van der Waals surface area contributed by atoms with Crippen molar-refractivity contribution >= 4 is 38.1 Å². The van der Waals surface area contributed by atoms with Crippen LogP contribution in [0.15, 0.2) is 15.0 Å². The Morgan fingerprint density at radius 1 is 1.25 bits per heavy atom. The van der Waals surface area contributed by atoms with Crippen LogP contribution in [0.2, 0.25) is 0 Å². The van der Waals surface area contributed by atoms with Crippen LogP contribution in [0.4, 0.5) is 8.78 Å². The summed E-state index contributed by atoms with van der Waals surface area (Å²) in [5.41, 5.74) is -0.303. The molecule has 0 amide bonds. The van der Waals surface area contributed by atoms with Crippen LogP contribution in [0, 0.1) is 11.6 Å². The molecule has 5 heteroatoms. The fraction of sp³-hybridized carbons (Fsp3) is 0. The zero-order valence-corrected chi connectivity index (χ0v) is 8.75. The lowest BCUT2D eigenvalue weighted by Crippen LogP contribution is -1.93. The number of rotatable bonds is 1. The molecule has 1 aromatic carbocycles. The Hall–Kier alpha value is -0.290. The van der Waals surface area contributed by atoms with Gasteiger partial charge in [-0.2, -0.15) is 0 Å². The number of halogens is 4. The predicted octanol–water partition coefficient (Wildman–Crippen LogP) is 3.30. The zero-order valence-electron chi connectivity index (χ0n) is 5.57. The summed E-state index contributed by atoms with van der Waals surface area (Å²) in [6.07, 6.45) is 0.260. The van der Waals surface area contributed by atoms with Gasteiger partial charge in [0.1, 0.15) is 11.6 Å². The standard InChI is InChI=1S/C7H2Br2F2O/c8-5-4(10)1-3(2-12)7(11)6(5)9/h1-2H. The van der Waals surface area contributed by atoms with Crippen molar-refractivity contribution in [3.8, 4) is 0 Å². The van der Waals surface area contributed by atoms with Gasteiger partial charge in [-0.15, -0.1) is 0 Å². The van der Waals surface area contributed by atoms with Crippen LogP contribution in [-0.2, 0) is 0 Å². The molecule has 0 atom stereocenters. The van der Waals surface area contributed by atoms with E-state index >= 15 is 0 Å². The van der Waals surface area contributed by atoms with E-state index in [9.17, 15) is 13.6 Å². The maximum atomic E-state index is 13.0. The molecule has 0 aliphatic rings. The number of aldehydes is 1. The SMILES string of the molecule is O=Cc1cc(F)c(Br)c(Br)c1F. The maximum Gasteiger partial charge on any atom is 0.153 e. The summed E-state index contributed by atoms with van der Waals surface area (Å²) in [4.78, 5) is 10.2. The quantitative estimate of drug-likeness (QED) is 0.442. The third-order valence-electron chi connectivity index (χ3n) is 1.26. The van der Waals surface area contributed by atoms with Crippen molar-refractivity contribution in [1.29, 1.82) is 0 Å². The first-order valence-corrected chi connectivity index (χ1v) is 4.44. The van der Waals surface area contributed by atoms with Crippen LogP contribution in [0.1, 0.15) is 10.4 Å². The summed E-state index contributed by atoms with van der Waals surface area (Å²) < 4.78 is 25.7. The summed E-state index contributed by atoms with van der Waals surface area (Å²) in [6, 6.07) is 0.831. The van der Waals surface area contributed by atoms with E-state index in [0.29, 0.717) is 0 Å². The highest BCUT2D eigenvalue weighted by Crippen LogP contribution is 2.30. The lowest BCUT2D eigenvalue weighted by atomic mass is 10.2. The highest BCUT2D eigenvalue weighted by Gasteiger charge is 2.13. The predicted molar refractivity (Wildman–Crippen MR) is 47.1 cm³/mol. The van der Waals surface area contributed by atoms with Gasteiger partial charge in [0.25, 0.3) is 0 Å². The Morgan fingerprint density at radius 2 is 1.83 bits per heavy atom. The van der Waals surface area contributed by atoms with Crippen molar-refractivity contribution in [2.45, 2.75) is 0 Å². The van der Waals surface area contributed by atoms with Gasteiger partial charge < -0.3 is 0 Å². The van der Waals surface area contributed by atoms with Crippen LogP contribution in [0.3, 0.4) is 0 Å². The minimum absolute atomic E-state index is 0.0226. The summed E-state index contributed by atoms with van der Waals surface area (Å²) in [7, 11) is 0. The van der Waals surface area contributed by atoms with Gasteiger partial charge in [-0.1, -0.05) is 0 Å². The van der Waals surface area contributed by atoms with E-state index in [1.54, 1.807) is 0 Å². The second-order valence-electron chi connectivity index (χ2n) is 2.01. The average molecular weight is 300 g/mol. The van der Waals surface area contributed by atoms with Crippen LogP contribution >= 0.6 is 31.9 Å². The Labute approximate surface area is 84.0 Å². The van der Waals surface area contributed by atoms with Gasteiger partial charge in [0.2, 0.25) is 0 Å². The number of carbonyl (C=O) groups excluding carboxylic acids is 1. The third-order valence-corrected chi connectivity index (χ3v) is 3.31. The molecule has 1 aromatic rings. The van der Waals surface area contributed by atoms with Gasteiger partial charge in [0.15, 0.2) is 6.29 Å². The van der Waals surface area contributed by atoms with Gasteiger partial charge in [-0.25, -0.2) is 8.78 Å². The molecule has 0 spiro atoms. The zero-order chi connectivity index (χ0) is 9.30.